The van der Waals surface area contributed by atoms with E-state index >= 15 is 0 Å². The lowest BCUT2D eigenvalue weighted by Gasteiger charge is -2.22. The smallest absolute Gasteiger partial charge is 0.161 e. The second-order valence-electron chi connectivity index (χ2n) is 6.90. The third-order valence-corrected chi connectivity index (χ3v) is 5.72. The minimum absolute atomic E-state index is 0.106. The number of hydrogen-bond donors (Lipinski definition) is 0. The molecular formula is C20H29BrO3. The van der Waals surface area contributed by atoms with Gasteiger partial charge in [-0.05, 0) is 60.8 Å². The van der Waals surface area contributed by atoms with Crippen LogP contribution in [0.3, 0.4) is 0 Å². The zero-order valence-electron chi connectivity index (χ0n) is 14.9. The first-order chi connectivity index (χ1) is 11.8. The molecular weight excluding hydrogens is 368 g/mol. The van der Waals surface area contributed by atoms with Gasteiger partial charge in [0.25, 0.3) is 0 Å². The second kappa shape index (κ2) is 8.57. The topological polar surface area (TPSA) is 27.7 Å². The van der Waals surface area contributed by atoms with Gasteiger partial charge in [-0.25, -0.2) is 0 Å². The van der Waals surface area contributed by atoms with E-state index in [9.17, 15) is 0 Å². The van der Waals surface area contributed by atoms with Crippen molar-refractivity contribution in [3.8, 4) is 11.5 Å². The SMILES string of the molecule is CCCOc1cc2c(cc1OCCC)C1CCCC1COC2CBr. The summed E-state index contributed by atoms with van der Waals surface area (Å²) in [6, 6.07) is 4.44. The van der Waals surface area contributed by atoms with Gasteiger partial charge in [-0.2, -0.15) is 0 Å². The van der Waals surface area contributed by atoms with Crippen LogP contribution in [0.25, 0.3) is 0 Å². The lowest BCUT2D eigenvalue weighted by Crippen LogP contribution is -2.10. The number of halogens is 1. The number of fused-ring (bicyclic) bond motifs is 3. The lowest BCUT2D eigenvalue weighted by atomic mass is 9.86. The van der Waals surface area contributed by atoms with Crippen molar-refractivity contribution < 1.29 is 14.2 Å². The Morgan fingerprint density at radius 3 is 2.33 bits per heavy atom. The molecule has 0 N–H and O–H groups in total. The van der Waals surface area contributed by atoms with Gasteiger partial charge in [0.15, 0.2) is 11.5 Å². The van der Waals surface area contributed by atoms with Crippen molar-refractivity contribution in [1.29, 1.82) is 0 Å². The molecule has 0 bridgehead atoms. The van der Waals surface area contributed by atoms with E-state index in [0.29, 0.717) is 18.4 Å². The van der Waals surface area contributed by atoms with Crippen LogP contribution in [0, 0.1) is 5.92 Å². The Morgan fingerprint density at radius 2 is 1.71 bits per heavy atom. The van der Waals surface area contributed by atoms with Crippen molar-refractivity contribution in [3.05, 3.63) is 23.3 Å². The Labute approximate surface area is 154 Å². The number of benzene rings is 1. The van der Waals surface area contributed by atoms with Crippen LogP contribution >= 0.6 is 15.9 Å². The fourth-order valence-corrected chi connectivity index (χ4v) is 4.48. The van der Waals surface area contributed by atoms with E-state index in [0.717, 1.165) is 42.9 Å². The zero-order chi connectivity index (χ0) is 16.9. The molecule has 1 heterocycles. The number of hydrogen-bond acceptors (Lipinski definition) is 3. The summed E-state index contributed by atoms with van der Waals surface area (Å²) in [6.45, 7) is 6.58. The van der Waals surface area contributed by atoms with Crippen LogP contribution in [0.15, 0.2) is 12.1 Å². The van der Waals surface area contributed by atoms with Crippen LogP contribution in [-0.4, -0.2) is 25.2 Å². The summed E-state index contributed by atoms with van der Waals surface area (Å²) in [5, 5.41) is 0.821. The maximum Gasteiger partial charge on any atom is 0.161 e. The fourth-order valence-electron chi connectivity index (χ4n) is 3.94. The first kappa shape index (κ1) is 18.1. The number of rotatable bonds is 7. The van der Waals surface area contributed by atoms with Gasteiger partial charge in [-0.15, -0.1) is 0 Å². The third kappa shape index (κ3) is 3.75. The molecule has 0 aromatic heterocycles. The number of ether oxygens (including phenoxy) is 3. The van der Waals surface area contributed by atoms with Crippen molar-refractivity contribution >= 4 is 15.9 Å². The minimum atomic E-state index is 0.106. The summed E-state index contributed by atoms with van der Waals surface area (Å²) in [5.41, 5.74) is 2.71. The van der Waals surface area contributed by atoms with Gasteiger partial charge < -0.3 is 14.2 Å². The molecule has 24 heavy (non-hydrogen) atoms. The van der Waals surface area contributed by atoms with Crippen LogP contribution in [-0.2, 0) is 4.74 Å². The molecule has 1 aromatic rings. The summed E-state index contributed by atoms with van der Waals surface area (Å²) >= 11 is 3.64. The van der Waals surface area contributed by atoms with Gasteiger partial charge in [0.2, 0.25) is 0 Å². The highest BCUT2D eigenvalue weighted by atomic mass is 79.9. The van der Waals surface area contributed by atoms with Crippen molar-refractivity contribution in [2.24, 2.45) is 5.92 Å². The summed E-state index contributed by atoms with van der Waals surface area (Å²) in [4.78, 5) is 0. The average molecular weight is 397 g/mol. The van der Waals surface area contributed by atoms with Gasteiger partial charge >= 0.3 is 0 Å². The molecule has 0 spiro atoms. The fraction of sp³-hybridized carbons (Fsp3) is 0.700. The van der Waals surface area contributed by atoms with E-state index in [-0.39, 0.29) is 6.10 Å². The van der Waals surface area contributed by atoms with E-state index in [2.05, 4.69) is 41.9 Å². The Morgan fingerprint density at radius 1 is 1.04 bits per heavy atom. The second-order valence-corrected chi connectivity index (χ2v) is 7.55. The van der Waals surface area contributed by atoms with E-state index in [1.54, 1.807) is 0 Å². The quantitative estimate of drug-likeness (QED) is 0.560. The van der Waals surface area contributed by atoms with Gasteiger partial charge in [-0.3, -0.25) is 0 Å². The van der Waals surface area contributed by atoms with Crippen molar-refractivity contribution in [1.82, 2.24) is 0 Å². The minimum Gasteiger partial charge on any atom is -0.490 e. The molecule has 0 saturated heterocycles. The Hall–Kier alpha value is -0.740. The highest BCUT2D eigenvalue weighted by molar-refractivity contribution is 9.09. The van der Waals surface area contributed by atoms with Crippen LogP contribution in [0.4, 0.5) is 0 Å². The van der Waals surface area contributed by atoms with Crippen LogP contribution in [0.1, 0.15) is 69.1 Å². The molecule has 0 radical (unpaired) electrons. The first-order valence-electron chi connectivity index (χ1n) is 9.39. The van der Waals surface area contributed by atoms with Gasteiger partial charge in [0.1, 0.15) is 0 Å². The first-order valence-corrected chi connectivity index (χ1v) is 10.5. The molecule has 1 aliphatic heterocycles. The van der Waals surface area contributed by atoms with Crippen LogP contribution < -0.4 is 9.47 Å². The molecule has 134 valence electrons. The highest BCUT2D eigenvalue weighted by Crippen LogP contribution is 2.48. The molecule has 3 unspecified atom stereocenters. The summed E-state index contributed by atoms with van der Waals surface area (Å²) in [5.74, 6) is 3.03. The maximum absolute atomic E-state index is 6.23. The largest absolute Gasteiger partial charge is 0.490 e. The lowest BCUT2D eigenvalue weighted by molar-refractivity contribution is 0.0489. The van der Waals surface area contributed by atoms with Gasteiger partial charge in [-0.1, -0.05) is 36.2 Å². The van der Waals surface area contributed by atoms with E-state index in [1.807, 2.05) is 0 Å². The maximum atomic E-state index is 6.23. The van der Waals surface area contributed by atoms with E-state index in [4.69, 9.17) is 14.2 Å². The predicted octanol–water partition coefficient (Wildman–Crippen LogP) is 5.61. The van der Waals surface area contributed by atoms with Gasteiger partial charge in [0.05, 0.1) is 25.9 Å². The van der Waals surface area contributed by atoms with Crippen LogP contribution in [0.5, 0.6) is 11.5 Å². The Bertz CT molecular complexity index is 546. The molecule has 4 heteroatoms. The normalized spacial score (nSPS) is 25.7. The molecule has 3 rings (SSSR count). The van der Waals surface area contributed by atoms with Crippen LogP contribution in [0.2, 0.25) is 0 Å². The molecule has 2 aliphatic rings. The molecule has 1 aromatic carbocycles. The molecule has 1 aliphatic carbocycles. The van der Waals surface area contributed by atoms with E-state index < -0.39 is 0 Å². The predicted molar refractivity (Wildman–Crippen MR) is 101 cm³/mol. The van der Waals surface area contributed by atoms with E-state index in [1.165, 1.54) is 30.4 Å². The third-order valence-electron chi connectivity index (χ3n) is 5.13. The Kier molecular flexibility index (Phi) is 6.45. The molecule has 1 fully saturated rings. The zero-order valence-corrected chi connectivity index (χ0v) is 16.4. The standard InChI is InChI=1S/C20H29BrO3/c1-3-8-22-18-10-16-15-7-5-6-14(15)13-24-20(12-21)17(16)11-19(18)23-9-4-2/h10-11,14-15,20H,3-9,12-13H2,1-2H3. The molecule has 3 atom stereocenters. The molecule has 0 amide bonds. The van der Waals surface area contributed by atoms with Gasteiger partial charge in [0, 0.05) is 5.33 Å². The molecule has 3 nitrogen and oxygen atoms in total. The average Bonchev–Trinajstić information content (AvgIpc) is 3.02. The molecule has 1 saturated carbocycles. The summed E-state index contributed by atoms with van der Waals surface area (Å²) in [7, 11) is 0. The van der Waals surface area contributed by atoms with Crippen molar-refractivity contribution in [2.45, 2.75) is 58.0 Å². The Balaban J connectivity index is 2.01. The van der Waals surface area contributed by atoms with Crippen molar-refractivity contribution in [3.63, 3.8) is 0 Å². The summed E-state index contributed by atoms with van der Waals surface area (Å²) < 4.78 is 18.3. The summed E-state index contributed by atoms with van der Waals surface area (Å²) in [6.07, 6.45) is 5.94. The van der Waals surface area contributed by atoms with Crippen molar-refractivity contribution in [2.75, 3.05) is 25.2 Å². The highest BCUT2D eigenvalue weighted by Gasteiger charge is 2.36. The number of alkyl halides is 1. The monoisotopic (exact) mass is 396 g/mol.